The van der Waals surface area contributed by atoms with E-state index in [9.17, 15) is 4.79 Å². The summed E-state index contributed by atoms with van der Waals surface area (Å²) in [6.07, 6.45) is 3.52. The monoisotopic (exact) mass is 224 g/mol. The first-order chi connectivity index (χ1) is 7.40. The molecule has 0 aliphatic heterocycles. The van der Waals surface area contributed by atoms with Crippen molar-refractivity contribution in [3.63, 3.8) is 0 Å². The van der Waals surface area contributed by atoms with Gasteiger partial charge in [-0.1, -0.05) is 6.08 Å². The average molecular weight is 224 g/mol. The van der Waals surface area contributed by atoms with Crippen molar-refractivity contribution in [3.05, 3.63) is 12.2 Å². The van der Waals surface area contributed by atoms with E-state index in [0.717, 1.165) is 0 Å². The van der Waals surface area contributed by atoms with Gasteiger partial charge in [0, 0.05) is 19.2 Å². The molecule has 0 saturated heterocycles. The standard InChI is InChI=1S/C12H20N2O2/c1-5-14(10-8-6-7-9-13)11(15)16-12(2,3)4/h6-7H,5,8,10H2,1-4H3/b7-6+. The summed E-state index contributed by atoms with van der Waals surface area (Å²) in [7, 11) is 0. The molecule has 1 amide bonds. The zero-order chi connectivity index (χ0) is 12.6. The first kappa shape index (κ1) is 14.5. The minimum absolute atomic E-state index is 0.305. The van der Waals surface area contributed by atoms with Gasteiger partial charge in [-0.3, -0.25) is 0 Å². The number of ether oxygens (including phenoxy) is 1. The predicted octanol–water partition coefficient (Wildman–Crippen LogP) is 2.71. The summed E-state index contributed by atoms with van der Waals surface area (Å²) in [5.74, 6) is 0. The van der Waals surface area contributed by atoms with Crippen LogP contribution in [0.25, 0.3) is 0 Å². The topological polar surface area (TPSA) is 53.3 Å². The molecule has 0 atom stereocenters. The van der Waals surface area contributed by atoms with Crippen molar-refractivity contribution in [2.45, 2.75) is 39.7 Å². The van der Waals surface area contributed by atoms with Gasteiger partial charge in [0.1, 0.15) is 5.60 Å². The molecule has 90 valence electrons. The van der Waals surface area contributed by atoms with Gasteiger partial charge in [0.25, 0.3) is 0 Å². The van der Waals surface area contributed by atoms with Crippen LogP contribution in [0.1, 0.15) is 34.1 Å². The highest BCUT2D eigenvalue weighted by atomic mass is 16.6. The van der Waals surface area contributed by atoms with Crippen LogP contribution >= 0.6 is 0 Å². The number of allylic oxidation sites excluding steroid dienone is 1. The summed E-state index contributed by atoms with van der Waals surface area (Å²) in [5.41, 5.74) is -0.465. The second kappa shape index (κ2) is 6.89. The van der Waals surface area contributed by atoms with Crippen molar-refractivity contribution in [2.24, 2.45) is 0 Å². The van der Waals surface area contributed by atoms with Crippen LogP contribution in [0.5, 0.6) is 0 Å². The first-order valence-corrected chi connectivity index (χ1v) is 5.43. The lowest BCUT2D eigenvalue weighted by Gasteiger charge is -2.26. The molecule has 0 saturated carbocycles. The Hall–Kier alpha value is -1.50. The fraction of sp³-hybridized carbons (Fsp3) is 0.667. The fourth-order valence-electron chi connectivity index (χ4n) is 1.07. The number of nitrogens with zero attached hydrogens (tertiary/aromatic N) is 2. The quantitative estimate of drug-likeness (QED) is 0.690. The fourth-order valence-corrected chi connectivity index (χ4v) is 1.07. The number of nitriles is 1. The molecule has 0 radical (unpaired) electrons. The van der Waals surface area contributed by atoms with Crippen LogP contribution in [-0.4, -0.2) is 29.7 Å². The van der Waals surface area contributed by atoms with E-state index < -0.39 is 5.60 Å². The highest BCUT2D eigenvalue weighted by Crippen LogP contribution is 2.10. The molecule has 0 aromatic heterocycles. The van der Waals surface area contributed by atoms with E-state index in [1.807, 2.05) is 33.8 Å². The lowest BCUT2D eigenvalue weighted by Crippen LogP contribution is -2.37. The van der Waals surface area contributed by atoms with Crippen molar-refractivity contribution >= 4 is 6.09 Å². The molecule has 4 nitrogen and oxygen atoms in total. The molecule has 0 N–H and O–H groups in total. The molecule has 0 aromatic rings. The Morgan fingerprint density at radius 1 is 1.50 bits per heavy atom. The molecule has 0 spiro atoms. The van der Waals surface area contributed by atoms with Gasteiger partial charge >= 0.3 is 6.09 Å². The van der Waals surface area contributed by atoms with Crippen LogP contribution in [-0.2, 0) is 4.74 Å². The number of hydrogen-bond acceptors (Lipinski definition) is 3. The summed E-state index contributed by atoms with van der Waals surface area (Å²) in [6, 6.07) is 1.91. The molecule has 0 heterocycles. The Bertz CT molecular complexity index is 284. The van der Waals surface area contributed by atoms with Gasteiger partial charge in [-0.05, 0) is 34.1 Å². The molecular formula is C12H20N2O2. The van der Waals surface area contributed by atoms with Crippen LogP contribution < -0.4 is 0 Å². The highest BCUT2D eigenvalue weighted by molar-refractivity contribution is 5.68. The van der Waals surface area contributed by atoms with Crippen molar-refractivity contribution in [1.82, 2.24) is 4.90 Å². The molecule has 0 aliphatic carbocycles. The number of carbonyl (C=O) groups is 1. The average Bonchev–Trinajstić information content (AvgIpc) is 2.15. The Kier molecular flexibility index (Phi) is 6.24. The molecule has 0 aromatic carbocycles. The van der Waals surface area contributed by atoms with Gasteiger partial charge in [0.15, 0.2) is 0 Å². The van der Waals surface area contributed by atoms with Crippen molar-refractivity contribution in [1.29, 1.82) is 5.26 Å². The van der Waals surface area contributed by atoms with E-state index in [1.165, 1.54) is 6.08 Å². The van der Waals surface area contributed by atoms with Gasteiger partial charge in [-0.2, -0.15) is 5.26 Å². The molecule has 0 bridgehead atoms. The Morgan fingerprint density at radius 2 is 2.12 bits per heavy atom. The van der Waals surface area contributed by atoms with Gasteiger partial charge in [0.05, 0.1) is 6.07 Å². The Balaban J connectivity index is 4.13. The summed E-state index contributed by atoms with van der Waals surface area (Å²) in [5, 5.41) is 8.31. The van der Waals surface area contributed by atoms with E-state index in [1.54, 1.807) is 11.0 Å². The maximum absolute atomic E-state index is 11.7. The van der Waals surface area contributed by atoms with E-state index in [4.69, 9.17) is 10.00 Å². The first-order valence-electron chi connectivity index (χ1n) is 5.43. The zero-order valence-corrected chi connectivity index (χ0v) is 10.5. The normalized spacial score (nSPS) is 11.2. The summed E-state index contributed by atoms with van der Waals surface area (Å²) in [6.45, 7) is 8.60. The summed E-state index contributed by atoms with van der Waals surface area (Å²) >= 11 is 0. The minimum Gasteiger partial charge on any atom is -0.444 e. The number of rotatable bonds is 4. The second-order valence-corrected chi connectivity index (χ2v) is 4.38. The van der Waals surface area contributed by atoms with E-state index in [-0.39, 0.29) is 6.09 Å². The van der Waals surface area contributed by atoms with E-state index in [0.29, 0.717) is 19.5 Å². The minimum atomic E-state index is -0.465. The predicted molar refractivity (Wildman–Crippen MR) is 62.9 cm³/mol. The molecule has 16 heavy (non-hydrogen) atoms. The van der Waals surface area contributed by atoms with Crippen molar-refractivity contribution < 1.29 is 9.53 Å². The van der Waals surface area contributed by atoms with Crippen molar-refractivity contribution in [3.8, 4) is 6.07 Å². The molecule has 4 heteroatoms. The molecule has 0 unspecified atom stereocenters. The van der Waals surface area contributed by atoms with Crippen LogP contribution in [0.4, 0.5) is 4.79 Å². The van der Waals surface area contributed by atoms with Gasteiger partial charge in [-0.25, -0.2) is 4.79 Å². The summed E-state index contributed by atoms with van der Waals surface area (Å²) < 4.78 is 5.25. The lowest BCUT2D eigenvalue weighted by atomic mass is 10.2. The zero-order valence-electron chi connectivity index (χ0n) is 10.5. The van der Waals surface area contributed by atoms with Crippen molar-refractivity contribution in [2.75, 3.05) is 13.1 Å². The number of carbonyl (C=O) groups excluding carboxylic acids is 1. The van der Waals surface area contributed by atoms with E-state index >= 15 is 0 Å². The second-order valence-electron chi connectivity index (χ2n) is 4.38. The lowest BCUT2D eigenvalue weighted by molar-refractivity contribution is 0.0263. The van der Waals surface area contributed by atoms with Crippen LogP contribution in [0.2, 0.25) is 0 Å². The molecule has 0 fully saturated rings. The maximum atomic E-state index is 11.7. The maximum Gasteiger partial charge on any atom is 0.410 e. The third kappa shape index (κ3) is 6.88. The third-order valence-corrected chi connectivity index (χ3v) is 1.79. The number of hydrogen-bond donors (Lipinski definition) is 0. The molecule has 0 rings (SSSR count). The Morgan fingerprint density at radius 3 is 2.56 bits per heavy atom. The highest BCUT2D eigenvalue weighted by Gasteiger charge is 2.20. The van der Waals surface area contributed by atoms with Crippen LogP contribution in [0.3, 0.4) is 0 Å². The number of amides is 1. The van der Waals surface area contributed by atoms with Gasteiger partial charge in [0.2, 0.25) is 0 Å². The third-order valence-electron chi connectivity index (χ3n) is 1.79. The van der Waals surface area contributed by atoms with Gasteiger partial charge in [-0.15, -0.1) is 0 Å². The smallest absolute Gasteiger partial charge is 0.410 e. The Labute approximate surface area is 97.5 Å². The van der Waals surface area contributed by atoms with Crippen LogP contribution in [0.15, 0.2) is 12.2 Å². The van der Waals surface area contributed by atoms with Crippen LogP contribution in [0, 0.1) is 11.3 Å². The molecular weight excluding hydrogens is 204 g/mol. The van der Waals surface area contributed by atoms with Gasteiger partial charge < -0.3 is 9.64 Å². The molecule has 0 aliphatic rings. The largest absolute Gasteiger partial charge is 0.444 e. The SMILES string of the molecule is CCN(CC/C=C/C#N)C(=O)OC(C)(C)C. The summed E-state index contributed by atoms with van der Waals surface area (Å²) in [4.78, 5) is 13.3. The van der Waals surface area contributed by atoms with E-state index in [2.05, 4.69) is 0 Å².